The Bertz CT molecular complexity index is 796. The fourth-order valence-corrected chi connectivity index (χ4v) is 3.47. The summed E-state index contributed by atoms with van der Waals surface area (Å²) in [5.74, 6) is -1.56. The monoisotopic (exact) mass is 341 g/mol. The second kappa shape index (κ2) is 6.67. The Morgan fingerprint density at radius 1 is 1.08 bits per heavy atom. The molecule has 25 heavy (non-hydrogen) atoms. The van der Waals surface area contributed by atoms with Crippen molar-refractivity contribution in [2.45, 2.75) is 25.2 Å². The molecule has 0 unspecified atom stereocenters. The number of carbonyl (C=O) groups excluding carboxylic acids is 1. The zero-order valence-corrected chi connectivity index (χ0v) is 14.0. The van der Waals surface area contributed by atoms with Crippen molar-refractivity contribution in [2.75, 3.05) is 13.1 Å². The molecule has 0 radical (unpaired) electrons. The summed E-state index contributed by atoms with van der Waals surface area (Å²) in [6.45, 7) is 2.42. The zero-order chi connectivity index (χ0) is 18.0. The van der Waals surface area contributed by atoms with E-state index in [1.165, 1.54) is 12.1 Å². The van der Waals surface area contributed by atoms with Crippen LogP contribution in [0.15, 0.2) is 48.5 Å². The molecule has 1 fully saturated rings. The molecule has 1 saturated heterocycles. The van der Waals surface area contributed by atoms with Crippen molar-refractivity contribution >= 4 is 11.9 Å². The lowest BCUT2D eigenvalue weighted by atomic mass is 9.72. The largest absolute Gasteiger partial charge is 0.481 e. The lowest BCUT2D eigenvalue weighted by Gasteiger charge is -2.39. The molecule has 0 atom stereocenters. The topological polar surface area (TPSA) is 57.6 Å². The lowest BCUT2D eigenvalue weighted by Crippen LogP contribution is -2.49. The Hall–Kier alpha value is -2.69. The summed E-state index contributed by atoms with van der Waals surface area (Å²) in [6.07, 6.45) is 0.679. The van der Waals surface area contributed by atoms with Crippen LogP contribution < -0.4 is 0 Å². The quantitative estimate of drug-likeness (QED) is 0.931. The maximum Gasteiger partial charge on any atom is 0.314 e. The number of piperidine rings is 1. The number of likely N-dealkylation sites (tertiary alicyclic amines) is 1. The maximum atomic E-state index is 13.5. The number of rotatable bonds is 3. The van der Waals surface area contributed by atoms with E-state index in [0.717, 1.165) is 5.56 Å². The fraction of sp³-hybridized carbons (Fsp3) is 0.300. The van der Waals surface area contributed by atoms with Crippen molar-refractivity contribution in [3.63, 3.8) is 0 Å². The Labute approximate surface area is 145 Å². The average molecular weight is 341 g/mol. The second-order valence-electron chi connectivity index (χ2n) is 6.50. The van der Waals surface area contributed by atoms with Gasteiger partial charge in [-0.2, -0.15) is 0 Å². The van der Waals surface area contributed by atoms with Gasteiger partial charge in [0.1, 0.15) is 5.82 Å². The summed E-state index contributed by atoms with van der Waals surface area (Å²) in [5.41, 5.74) is 0.832. The minimum atomic E-state index is -0.977. The maximum absolute atomic E-state index is 13.5. The summed E-state index contributed by atoms with van der Waals surface area (Å²) in [4.78, 5) is 26.3. The smallest absolute Gasteiger partial charge is 0.314 e. The molecule has 4 nitrogen and oxygen atoms in total. The molecule has 130 valence electrons. The van der Waals surface area contributed by atoms with Crippen LogP contribution in [0, 0.1) is 12.7 Å². The number of hydrogen-bond donors (Lipinski definition) is 1. The highest BCUT2D eigenvalue weighted by Crippen LogP contribution is 2.36. The molecular weight excluding hydrogens is 321 g/mol. The van der Waals surface area contributed by atoms with Gasteiger partial charge in [0.25, 0.3) is 5.91 Å². The summed E-state index contributed by atoms with van der Waals surface area (Å²) >= 11 is 0. The molecule has 0 saturated carbocycles. The molecule has 1 heterocycles. The first kappa shape index (κ1) is 17.1. The highest BCUT2D eigenvalue weighted by Gasteiger charge is 2.44. The van der Waals surface area contributed by atoms with Crippen LogP contribution in [0.1, 0.15) is 34.3 Å². The number of aryl methyl sites for hydroxylation is 1. The summed E-state index contributed by atoms with van der Waals surface area (Å²) in [7, 11) is 0. The van der Waals surface area contributed by atoms with E-state index in [0.29, 0.717) is 37.1 Å². The molecule has 0 aromatic heterocycles. The number of hydrogen-bond acceptors (Lipinski definition) is 2. The highest BCUT2D eigenvalue weighted by atomic mass is 19.1. The van der Waals surface area contributed by atoms with Gasteiger partial charge in [-0.1, -0.05) is 36.4 Å². The first-order valence-electron chi connectivity index (χ1n) is 8.28. The van der Waals surface area contributed by atoms with Gasteiger partial charge in [0, 0.05) is 18.7 Å². The van der Waals surface area contributed by atoms with Crippen molar-refractivity contribution in [3.05, 3.63) is 71.0 Å². The molecule has 0 aliphatic carbocycles. The van der Waals surface area contributed by atoms with E-state index in [4.69, 9.17) is 0 Å². The van der Waals surface area contributed by atoms with Crippen LogP contribution in [0.5, 0.6) is 0 Å². The Morgan fingerprint density at radius 3 is 2.32 bits per heavy atom. The summed E-state index contributed by atoms with van der Waals surface area (Å²) < 4.78 is 13.5. The zero-order valence-electron chi connectivity index (χ0n) is 14.0. The van der Waals surface area contributed by atoms with E-state index in [1.54, 1.807) is 17.9 Å². The second-order valence-corrected chi connectivity index (χ2v) is 6.50. The molecule has 1 N–H and O–H groups in total. The number of amides is 1. The molecule has 2 aromatic carbocycles. The third-order valence-electron chi connectivity index (χ3n) is 5.07. The van der Waals surface area contributed by atoms with E-state index in [1.807, 2.05) is 30.3 Å². The van der Waals surface area contributed by atoms with E-state index < -0.39 is 17.2 Å². The Balaban J connectivity index is 1.82. The van der Waals surface area contributed by atoms with Gasteiger partial charge in [-0.15, -0.1) is 0 Å². The van der Waals surface area contributed by atoms with Crippen LogP contribution in [0.4, 0.5) is 4.39 Å². The van der Waals surface area contributed by atoms with Crippen LogP contribution in [-0.4, -0.2) is 35.0 Å². The predicted molar refractivity (Wildman–Crippen MR) is 92.0 cm³/mol. The van der Waals surface area contributed by atoms with E-state index in [2.05, 4.69) is 0 Å². The standard InChI is InChI=1S/C20H20FNO3/c1-14-7-8-16(21)13-17(14)18(23)22-11-9-20(10-12-22,19(24)25)15-5-3-2-4-6-15/h2-8,13H,9-12H2,1H3,(H,24,25). The Kier molecular flexibility index (Phi) is 4.57. The van der Waals surface area contributed by atoms with Crippen molar-refractivity contribution in [2.24, 2.45) is 0 Å². The minimum Gasteiger partial charge on any atom is -0.481 e. The van der Waals surface area contributed by atoms with Gasteiger partial charge < -0.3 is 10.0 Å². The number of benzene rings is 2. The first-order chi connectivity index (χ1) is 11.9. The number of nitrogens with zero attached hydrogens (tertiary/aromatic N) is 1. The van der Waals surface area contributed by atoms with E-state index in [-0.39, 0.29) is 5.91 Å². The third kappa shape index (κ3) is 3.14. The SMILES string of the molecule is Cc1ccc(F)cc1C(=O)N1CCC(C(=O)O)(c2ccccc2)CC1. The number of carboxylic acid groups (broad SMARTS) is 1. The van der Waals surface area contributed by atoms with Gasteiger partial charge in [0.15, 0.2) is 0 Å². The summed E-state index contributed by atoms with van der Waals surface area (Å²) in [6, 6.07) is 13.3. The number of carbonyl (C=O) groups is 2. The molecule has 0 spiro atoms. The fourth-order valence-electron chi connectivity index (χ4n) is 3.47. The van der Waals surface area contributed by atoms with Gasteiger partial charge in [-0.25, -0.2) is 4.39 Å². The van der Waals surface area contributed by atoms with Crippen molar-refractivity contribution in [3.8, 4) is 0 Å². The van der Waals surface area contributed by atoms with E-state index >= 15 is 0 Å². The molecule has 3 rings (SSSR count). The minimum absolute atomic E-state index is 0.246. The van der Waals surface area contributed by atoms with Gasteiger partial charge >= 0.3 is 5.97 Å². The Morgan fingerprint density at radius 2 is 1.72 bits per heavy atom. The first-order valence-corrected chi connectivity index (χ1v) is 8.28. The molecule has 2 aromatic rings. The van der Waals surface area contributed by atoms with Gasteiger partial charge in [0.05, 0.1) is 5.41 Å². The van der Waals surface area contributed by atoms with Crippen LogP contribution in [0.25, 0.3) is 0 Å². The average Bonchev–Trinajstić information content (AvgIpc) is 2.64. The third-order valence-corrected chi connectivity index (χ3v) is 5.07. The normalized spacial score (nSPS) is 16.5. The van der Waals surface area contributed by atoms with Crippen LogP contribution in [0.3, 0.4) is 0 Å². The van der Waals surface area contributed by atoms with Gasteiger partial charge in [-0.3, -0.25) is 9.59 Å². The molecule has 0 bridgehead atoms. The van der Waals surface area contributed by atoms with Crippen molar-refractivity contribution in [1.29, 1.82) is 0 Å². The van der Waals surface area contributed by atoms with E-state index in [9.17, 15) is 19.1 Å². The predicted octanol–water partition coefficient (Wildman–Crippen LogP) is 3.39. The lowest BCUT2D eigenvalue weighted by molar-refractivity contribution is -0.145. The molecule has 1 amide bonds. The molecular formula is C20H20FNO3. The summed E-state index contributed by atoms with van der Waals surface area (Å²) in [5, 5.41) is 9.81. The molecule has 1 aliphatic rings. The number of halogens is 1. The van der Waals surface area contributed by atoms with Crippen LogP contribution in [0.2, 0.25) is 0 Å². The van der Waals surface area contributed by atoms with Gasteiger partial charge in [-0.05, 0) is 43.0 Å². The van der Waals surface area contributed by atoms with Gasteiger partial charge in [0.2, 0.25) is 0 Å². The van der Waals surface area contributed by atoms with Crippen molar-refractivity contribution < 1.29 is 19.1 Å². The molecule has 5 heteroatoms. The van der Waals surface area contributed by atoms with Crippen LogP contribution >= 0.6 is 0 Å². The highest BCUT2D eigenvalue weighted by molar-refractivity contribution is 5.96. The molecule has 1 aliphatic heterocycles. The number of carboxylic acids is 1. The van der Waals surface area contributed by atoms with Crippen LogP contribution in [-0.2, 0) is 10.2 Å². The van der Waals surface area contributed by atoms with Crippen molar-refractivity contribution in [1.82, 2.24) is 4.90 Å². The number of aliphatic carboxylic acids is 1.